The maximum Gasteiger partial charge on any atom is 0.472 e. The quantitative estimate of drug-likeness (QED) is 0.0222. The molecule has 6 atom stereocenters. The van der Waals surface area contributed by atoms with Gasteiger partial charge < -0.3 is 33.8 Å². The summed E-state index contributed by atoms with van der Waals surface area (Å²) in [5, 5.41) is 10.5. The minimum atomic E-state index is -4.94. The molecule has 0 fully saturated rings. The van der Waals surface area contributed by atoms with E-state index in [1.54, 1.807) is 0 Å². The first kappa shape index (κ1) is 76.1. The van der Waals surface area contributed by atoms with Crippen molar-refractivity contribution in [1.82, 2.24) is 0 Å². The monoisotopic (exact) mass is 1160 g/mol. The topological polar surface area (TPSA) is 237 Å². The highest BCUT2D eigenvalue weighted by Gasteiger charge is 2.30. The van der Waals surface area contributed by atoms with Crippen LogP contribution in [0.2, 0.25) is 0 Å². The van der Waals surface area contributed by atoms with E-state index < -0.39 is 97.5 Å². The van der Waals surface area contributed by atoms with E-state index >= 15 is 0 Å². The Bertz CT molecular complexity index is 1560. The van der Waals surface area contributed by atoms with Crippen molar-refractivity contribution in [2.24, 2.45) is 17.8 Å². The number of rotatable bonds is 57. The van der Waals surface area contributed by atoms with Gasteiger partial charge in [0, 0.05) is 25.7 Å². The summed E-state index contributed by atoms with van der Waals surface area (Å²) in [6.07, 6.45) is 29.7. The normalized spacial score (nSPS) is 14.9. The van der Waals surface area contributed by atoms with Gasteiger partial charge in [-0.3, -0.25) is 37.3 Å². The first-order chi connectivity index (χ1) is 37.3. The second-order valence-electron chi connectivity index (χ2n) is 22.6. The fourth-order valence-electron chi connectivity index (χ4n) is 8.56. The molecule has 0 aliphatic heterocycles. The minimum absolute atomic E-state index is 0.101. The van der Waals surface area contributed by atoms with Crippen LogP contribution in [0.15, 0.2) is 0 Å². The van der Waals surface area contributed by atoms with Crippen LogP contribution in [0.4, 0.5) is 0 Å². The molecule has 0 aliphatic carbocycles. The molecule has 0 radical (unpaired) electrons. The smallest absolute Gasteiger partial charge is 0.462 e. The lowest BCUT2D eigenvalue weighted by atomic mass is 10.00. The predicted octanol–water partition coefficient (Wildman–Crippen LogP) is 15.6. The van der Waals surface area contributed by atoms with Crippen LogP contribution in [-0.2, 0) is 65.4 Å². The second-order valence-corrected chi connectivity index (χ2v) is 25.5. The van der Waals surface area contributed by atoms with Gasteiger partial charge in [-0.25, -0.2) is 9.13 Å². The van der Waals surface area contributed by atoms with Gasteiger partial charge in [0.2, 0.25) is 0 Å². The van der Waals surface area contributed by atoms with Crippen LogP contribution in [0.25, 0.3) is 0 Å². The Labute approximate surface area is 473 Å². The number of hydrogen-bond donors (Lipinski definition) is 3. The summed E-state index contributed by atoms with van der Waals surface area (Å²) in [5.74, 6) is -0.0155. The van der Waals surface area contributed by atoms with Gasteiger partial charge >= 0.3 is 39.5 Å². The van der Waals surface area contributed by atoms with Crippen LogP contribution in [0, 0.1) is 17.8 Å². The molecule has 0 aromatic carbocycles. The number of carbonyl (C=O) groups is 4. The van der Waals surface area contributed by atoms with Crippen molar-refractivity contribution < 1.29 is 80.2 Å². The standard InChI is InChI=1S/C59H114O17P2/c1-8-10-11-12-16-26-33-40-56(61)69-46-55(76-59(64)43-36-29-21-19-24-31-38-51(5)6)49-74-78(67,68)72-45-53(60)44-71-77(65,66)73-48-54(47-70-57(62)41-34-27-22-20-25-32-39-52(7)9-2)75-58(63)42-35-28-18-15-13-14-17-23-30-37-50(3)4/h50-55,60H,8-49H2,1-7H3,(H,65,66)(H,67,68)/t52?,53-,54-,55-/m1/s1. The lowest BCUT2D eigenvalue weighted by Gasteiger charge is -2.21. The van der Waals surface area contributed by atoms with E-state index in [4.69, 9.17) is 37.0 Å². The highest BCUT2D eigenvalue weighted by molar-refractivity contribution is 7.47. The molecule has 0 heterocycles. The summed E-state index contributed by atoms with van der Waals surface area (Å²) >= 11 is 0. The molecular formula is C59H114O17P2. The predicted molar refractivity (Wildman–Crippen MR) is 308 cm³/mol. The summed E-state index contributed by atoms with van der Waals surface area (Å²) < 4.78 is 67.6. The first-order valence-electron chi connectivity index (χ1n) is 30.9. The molecule has 0 aromatic heterocycles. The third-order valence-corrected chi connectivity index (χ3v) is 15.6. The number of phosphoric ester groups is 2. The molecule has 0 spiro atoms. The Balaban J connectivity index is 5.23. The molecule has 0 amide bonds. The van der Waals surface area contributed by atoms with E-state index in [9.17, 15) is 43.2 Å². The van der Waals surface area contributed by atoms with Gasteiger partial charge in [0.15, 0.2) is 12.2 Å². The van der Waals surface area contributed by atoms with Crippen molar-refractivity contribution in [3.05, 3.63) is 0 Å². The van der Waals surface area contributed by atoms with Crippen molar-refractivity contribution in [3.63, 3.8) is 0 Å². The van der Waals surface area contributed by atoms with Gasteiger partial charge in [0.1, 0.15) is 19.3 Å². The maximum absolute atomic E-state index is 12.9. The Morgan fingerprint density at radius 2 is 0.654 bits per heavy atom. The summed E-state index contributed by atoms with van der Waals surface area (Å²) in [6, 6.07) is 0. The SMILES string of the molecule is CCCCCCCCCC(=O)OC[C@H](COP(=O)(O)OC[C@H](O)COP(=O)(O)OC[C@@H](COC(=O)CCCCCCCCC(C)CC)OC(=O)CCCCCCCCCCCC(C)C)OC(=O)CCCCCCCCC(C)C. The Morgan fingerprint density at radius 3 is 0.974 bits per heavy atom. The largest absolute Gasteiger partial charge is 0.472 e. The average Bonchev–Trinajstić information content (AvgIpc) is 3.39. The molecule has 0 bridgehead atoms. The van der Waals surface area contributed by atoms with Crippen LogP contribution in [0.1, 0.15) is 280 Å². The highest BCUT2D eigenvalue weighted by Crippen LogP contribution is 2.45. The second kappa shape index (κ2) is 50.8. The van der Waals surface area contributed by atoms with E-state index in [0.29, 0.717) is 31.6 Å². The van der Waals surface area contributed by atoms with E-state index in [0.717, 1.165) is 121 Å². The van der Waals surface area contributed by atoms with E-state index in [-0.39, 0.29) is 25.7 Å². The molecule has 0 rings (SSSR count). The average molecular weight is 1160 g/mol. The minimum Gasteiger partial charge on any atom is -0.462 e. The van der Waals surface area contributed by atoms with Crippen molar-refractivity contribution in [2.45, 2.75) is 298 Å². The lowest BCUT2D eigenvalue weighted by Crippen LogP contribution is -2.30. The number of hydrogen-bond acceptors (Lipinski definition) is 15. The Kier molecular flexibility index (Phi) is 49.5. The maximum atomic E-state index is 12.9. The number of aliphatic hydroxyl groups is 1. The molecule has 0 saturated heterocycles. The molecule has 0 saturated carbocycles. The molecule has 78 heavy (non-hydrogen) atoms. The summed E-state index contributed by atoms with van der Waals surface area (Å²) in [5.41, 5.74) is 0. The van der Waals surface area contributed by atoms with E-state index in [2.05, 4.69) is 48.5 Å². The van der Waals surface area contributed by atoms with Gasteiger partial charge in [0.25, 0.3) is 0 Å². The van der Waals surface area contributed by atoms with Gasteiger partial charge in [-0.15, -0.1) is 0 Å². The molecule has 0 aromatic rings. The molecule has 19 heteroatoms. The fourth-order valence-corrected chi connectivity index (χ4v) is 10.1. The van der Waals surface area contributed by atoms with Crippen LogP contribution < -0.4 is 0 Å². The lowest BCUT2D eigenvalue weighted by molar-refractivity contribution is -0.161. The third kappa shape index (κ3) is 52.2. The van der Waals surface area contributed by atoms with Crippen LogP contribution in [0.3, 0.4) is 0 Å². The van der Waals surface area contributed by atoms with Gasteiger partial charge in [-0.2, -0.15) is 0 Å². The molecule has 3 unspecified atom stereocenters. The number of unbranched alkanes of at least 4 members (excludes halogenated alkanes) is 24. The Hall–Kier alpha value is -1.94. The number of aliphatic hydroxyl groups excluding tert-OH is 1. The highest BCUT2D eigenvalue weighted by atomic mass is 31.2. The molecule has 17 nitrogen and oxygen atoms in total. The number of phosphoric acid groups is 2. The van der Waals surface area contributed by atoms with E-state index in [1.165, 1.54) is 70.6 Å². The van der Waals surface area contributed by atoms with Gasteiger partial charge in [-0.05, 0) is 43.4 Å². The van der Waals surface area contributed by atoms with Crippen molar-refractivity contribution in [2.75, 3.05) is 39.6 Å². The summed E-state index contributed by atoms with van der Waals surface area (Å²) in [7, 11) is -9.87. The molecular weight excluding hydrogens is 1040 g/mol. The van der Waals surface area contributed by atoms with Crippen LogP contribution >= 0.6 is 15.6 Å². The summed E-state index contributed by atoms with van der Waals surface area (Å²) in [4.78, 5) is 71.8. The van der Waals surface area contributed by atoms with E-state index in [1.807, 2.05) is 0 Å². The van der Waals surface area contributed by atoms with Crippen LogP contribution in [0.5, 0.6) is 0 Å². The molecule has 462 valence electrons. The number of carbonyl (C=O) groups excluding carboxylic acids is 4. The van der Waals surface area contributed by atoms with Crippen molar-refractivity contribution in [3.8, 4) is 0 Å². The fraction of sp³-hybridized carbons (Fsp3) is 0.932. The van der Waals surface area contributed by atoms with Crippen LogP contribution in [-0.4, -0.2) is 96.7 Å². The number of esters is 4. The third-order valence-electron chi connectivity index (χ3n) is 13.7. The molecule has 0 aliphatic rings. The Morgan fingerprint density at radius 1 is 0.372 bits per heavy atom. The number of ether oxygens (including phenoxy) is 4. The van der Waals surface area contributed by atoms with Crippen molar-refractivity contribution in [1.29, 1.82) is 0 Å². The summed E-state index contributed by atoms with van der Waals surface area (Å²) in [6.45, 7) is 11.5. The van der Waals surface area contributed by atoms with Crippen molar-refractivity contribution >= 4 is 39.5 Å². The molecule has 3 N–H and O–H groups in total. The first-order valence-corrected chi connectivity index (χ1v) is 33.9. The zero-order valence-electron chi connectivity index (χ0n) is 50.1. The van der Waals surface area contributed by atoms with Gasteiger partial charge in [0.05, 0.1) is 26.4 Å². The van der Waals surface area contributed by atoms with Gasteiger partial charge in [-0.1, -0.05) is 228 Å². The zero-order valence-corrected chi connectivity index (χ0v) is 51.9. The zero-order chi connectivity index (χ0) is 58.1.